The molecular formula is C19H40N2. The first-order valence-corrected chi connectivity index (χ1v) is 9.36. The van der Waals surface area contributed by atoms with E-state index in [9.17, 15) is 0 Å². The molecule has 1 aliphatic rings. The van der Waals surface area contributed by atoms with Crippen LogP contribution in [0.4, 0.5) is 0 Å². The molecule has 0 aliphatic carbocycles. The van der Waals surface area contributed by atoms with Crippen molar-refractivity contribution in [3.63, 3.8) is 0 Å². The van der Waals surface area contributed by atoms with Crippen molar-refractivity contribution in [3.05, 3.63) is 0 Å². The molecule has 0 aromatic heterocycles. The van der Waals surface area contributed by atoms with Crippen molar-refractivity contribution in [1.29, 1.82) is 0 Å². The number of nitrogens with one attached hydrogen (secondary N) is 1. The second-order valence-corrected chi connectivity index (χ2v) is 8.03. The van der Waals surface area contributed by atoms with Gasteiger partial charge in [-0.25, -0.2) is 0 Å². The number of piperazine rings is 1. The Kier molecular flexibility index (Phi) is 7.70. The van der Waals surface area contributed by atoms with Crippen molar-refractivity contribution in [2.45, 2.75) is 98.2 Å². The van der Waals surface area contributed by atoms with Gasteiger partial charge in [-0.2, -0.15) is 0 Å². The zero-order chi connectivity index (χ0) is 16.0. The predicted octanol–water partition coefficient (Wildman–Crippen LogP) is 4.69. The van der Waals surface area contributed by atoms with Gasteiger partial charge in [0.25, 0.3) is 0 Å². The van der Waals surface area contributed by atoms with Crippen molar-refractivity contribution in [1.82, 2.24) is 10.2 Å². The molecule has 1 rings (SSSR count). The highest BCUT2D eigenvalue weighted by molar-refractivity contribution is 4.98. The molecule has 1 N–H and O–H groups in total. The number of hydrogen-bond donors (Lipinski definition) is 1. The molecule has 0 spiro atoms. The molecule has 0 aromatic carbocycles. The van der Waals surface area contributed by atoms with E-state index >= 15 is 0 Å². The maximum absolute atomic E-state index is 3.88. The minimum absolute atomic E-state index is 0.345. The molecule has 0 radical (unpaired) electrons. The van der Waals surface area contributed by atoms with Crippen molar-refractivity contribution < 1.29 is 0 Å². The third-order valence-corrected chi connectivity index (χ3v) is 5.69. The van der Waals surface area contributed by atoms with Crippen molar-refractivity contribution in [3.8, 4) is 0 Å². The van der Waals surface area contributed by atoms with Gasteiger partial charge in [0.15, 0.2) is 0 Å². The second kappa shape index (κ2) is 8.53. The molecule has 2 nitrogen and oxygen atoms in total. The Morgan fingerprint density at radius 2 is 1.67 bits per heavy atom. The van der Waals surface area contributed by atoms with Crippen LogP contribution in [0.25, 0.3) is 0 Å². The fourth-order valence-electron chi connectivity index (χ4n) is 3.77. The summed E-state index contributed by atoms with van der Waals surface area (Å²) in [6, 6.07) is 1.42. The van der Waals surface area contributed by atoms with Crippen LogP contribution >= 0.6 is 0 Å². The largest absolute Gasteiger partial charge is 0.308 e. The second-order valence-electron chi connectivity index (χ2n) is 8.03. The Balaban J connectivity index is 2.70. The standard InChI is InChI=1S/C19H40N2/c1-8-19(9-2)14-21(18(13-20-19)16(5)6)17(7)12-10-11-15(3)4/h15-18,20H,8-14H2,1-7H3. The van der Waals surface area contributed by atoms with E-state index in [-0.39, 0.29) is 0 Å². The van der Waals surface area contributed by atoms with Gasteiger partial charge < -0.3 is 5.32 Å². The Labute approximate surface area is 134 Å². The summed E-state index contributed by atoms with van der Waals surface area (Å²) >= 11 is 0. The maximum atomic E-state index is 3.88. The van der Waals surface area contributed by atoms with Gasteiger partial charge >= 0.3 is 0 Å². The van der Waals surface area contributed by atoms with E-state index in [4.69, 9.17) is 0 Å². The Hall–Kier alpha value is -0.0800. The fourth-order valence-corrected chi connectivity index (χ4v) is 3.77. The molecule has 126 valence electrons. The SMILES string of the molecule is CCC1(CC)CN(C(C)CCCC(C)C)C(C(C)C)CN1. The Morgan fingerprint density at radius 3 is 2.14 bits per heavy atom. The average molecular weight is 297 g/mol. The van der Waals surface area contributed by atoms with Crippen LogP contribution in [0.15, 0.2) is 0 Å². The lowest BCUT2D eigenvalue weighted by atomic mass is 9.85. The lowest BCUT2D eigenvalue weighted by Crippen LogP contribution is -2.66. The molecule has 2 unspecified atom stereocenters. The lowest BCUT2D eigenvalue weighted by Gasteiger charge is -2.51. The van der Waals surface area contributed by atoms with Gasteiger partial charge in [-0.05, 0) is 38.0 Å². The minimum atomic E-state index is 0.345. The smallest absolute Gasteiger partial charge is 0.0304 e. The molecule has 1 fully saturated rings. The Morgan fingerprint density at radius 1 is 1.05 bits per heavy atom. The third kappa shape index (κ3) is 5.25. The Bertz CT molecular complexity index is 281. The van der Waals surface area contributed by atoms with Crippen LogP contribution in [-0.2, 0) is 0 Å². The number of nitrogens with zero attached hydrogens (tertiary/aromatic N) is 1. The first-order chi connectivity index (χ1) is 9.85. The van der Waals surface area contributed by atoms with Gasteiger partial charge in [0.1, 0.15) is 0 Å². The molecule has 0 bridgehead atoms. The summed E-state index contributed by atoms with van der Waals surface area (Å²) in [7, 11) is 0. The van der Waals surface area contributed by atoms with Crippen LogP contribution in [0, 0.1) is 11.8 Å². The first-order valence-electron chi connectivity index (χ1n) is 9.36. The van der Waals surface area contributed by atoms with Crippen molar-refractivity contribution in [2.75, 3.05) is 13.1 Å². The van der Waals surface area contributed by atoms with Crippen molar-refractivity contribution >= 4 is 0 Å². The molecular weight excluding hydrogens is 256 g/mol. The molecule has 0 amide bonds. The topological polar surface area (TPSA) is 15.3 Å². The van der Waals surface area contributed by atoms with Gasteiger partial charge in [-0.15, -0.1) is 0 Å². The number of rotatable bonds is 8. The van der Waals surface area contributed by atoms with E-state index in [0.717, 1.165) is 24.4 Å². The van der Waals surface area contributed by atoms with Crippen LogP contribution in [-0.4, -0.2) is 35.6 Å². The number of hydrogen-bond acceptors (Lipinski definition) is 2. The van der Waals surface area contributed by atoms with E-state index in [1.807, 2.05) is 0 Å². The summed E-state index contributed by atoms with van der Waals surface area (Å²) < 4.78 is 0. The molecule has 2 atom stereocenters. The van der Waals surface area contributed by atoms with Crippen LogP contribution < -0.4 is 5.32 Å². The van der Waals surface area contributed by atoms with E-state index < -0.39 is 0 Å². The molecule has 2 heteroatoms. The minimum Gasteiger partial charge on any atom is -0.308 e. The predicted molar refractivity (Wildman–Crippen MR) is 94.8 cm³/mol. The summed E-state index contributed by atoms with van der Waals surface area (Å²) in [5.41, 5.74) is 0.345. The molecule has 1 aliphatic heterocycles. The highest BCUT2D eigenvalue weighted by atomic mass is 15.3. The van der Waals surface area contributed by atoms with Crippen molar-refractivity contribution in [2.24, 2.45) is 11.8 Å². The zero-order valence-electron chi connectivity index (χ0n) is 15.7. The van der Waals surface area contributed by atoms with Crippen LogP contribution in [0.3, 0.4) is 0 Å². The van der Waals surface area contributed by atoms with Crippen LogP contribution in [0.5, 0.6) is 0 Å². The van der Waals surface area contributed by atoms with Gasteiger partial charge in [0.2, 0.25) is 0 Å². The first kappa shape index (κ1) is 19.0. The summed E-state index contributed by atoms with van der Waals surface area (Å²) in [6.07, 6.45) is 6.58. The molecule has 0 saturated carbocycles. The average Bonchev–Trinajstić information content (AvgIpc) is 2.45. The van der Waals surface area contributed by atoms with E-state index in [1.54, 1.807) is 0 Å². The summed E-state index contributed by atoms with van der Waals surface area (Å²) in [5.74, 6) is 1.57. The van der Waals surface area contributed by atoms with E-state index in [1.165, 1.54) is 38.6 Å². The molecule has 1 saturated heterocycles. The van der Waals surface area contributed by atoms with Gasteiger partial charge in [0, 0.05) is 30.7 Å². The van der Waals surface area contributed by atoms with E-state index in [0.29, 0.717) is 11.6 Å². The highest BCUT2D eigenvalue weighted by Crippen LogP contribution is 2.28. The fraction of sp³-hybridized carbons (Fsp3) is 1.00. The normalized spacial score (nSPS) is 24.7. The monoisotopic (exact) mass is 296 g/mol. The van der Waals surface area contributed by atoms with E-state index in [2.05, 4.69) is 58.7 Å². The highest BCUT2D eigenvalue weighted by Gasteiger charge is 2.39. The third-order valence-electron chi connectivity index (χ3n) is 5.69. The quantitative estimate of drug-likeness (QED) is 0.699. The maximum Gasteiger partial charge on any atom is 0.0304 e. The van der Waals surface area contributed by atoms with Crippen LogP contribution in [0.2, 0.25) is 0 Å². The van der Waals surface area contributed by atoms with Gasteiger partial charge in [0.05, 0.1) is 0 Å². The molecule has 21 heavy (non-hydrogen) atoms. The van der Waals surface area contributed by atoms with Gasteiger partial charge in [-0.3, -0.25) is 4.90 Å². The summed E-state index contributed by atoms with van der Waals surface area (Å²) in [6.45, 7) is 19.0. The molecule has 1 heterocycles. The zero-order valence-corrected chi connectivity index (χ0v) is 15.7. The van der Waals surface area contributed by atoms with Gasteiger partial charge in [-0.1, -0.05) is 54.4 Å². The molecule has 0 aromatic rings. The lowest BCUT2D eigenvalue weighted by molar-refractivity contribution is 0.0186. The van der Waals surface area contributed by atoms with Crippen LogP contribution in [0.1, 0.15) is 80.6 Å². The summed E-state index contributed by atoms with van der Waals surface area (Å²) in [5, 5.41) is 3.88. The summed E-state index contributed by atoms with van der Waals surface area (Å²) in [4.78, 5) is 2.83.